The predicted molar refractivity (Wildman–Crippen MR) is 563 cm³/mol. The highest BCUT2D eigenvalue weighted by atomic mass is 31.2. The molecule has 6 aliphatic heterocycles. The molecule has 0 saturated heterocycles. The van der Waals surface area contributed by atoms with Crippen LogP contribution in [0.3, 0.4) is 0 Å². The molecule has 12 heterocycles. The van der Waals surface area contributed by atoms with Crippen LogP contribution in [0.5, 0.6) is 0 Å². The zero-order valence-electron chi connectivity index (χ0n) is 81.0. The summed E-state index contributed by atoms with van der Waals surface area (Å²) >= 11 is 0. The zero-order chi connectivity index (χ0) is 97.7. The van der Waals surface area contributed by atoms with Gasteiger partial charge in [-0.05, 0) is 217 Å². The Balaban J connectivity index is 0.000000145. The van der Waals surface area contributed by atoms with Crippen LogP contribution in [0.4, 0.5) is 0 Å². The second kappa shape index (κ2) is 42.7. The zero-order valence-corrected chi connectivity index (χ0v) is 83.7. The van der Waals surface area contributed by atoms with Gasteiger partial charge < -0.3 is 57.3 Å². The maximum atomic E-state index is 13.6. The topological polar surface area (TPSA) is 243 Å². The minimum Gasteiger partial charge on any atom is -0.382 e. The fourth-order valence-electron chi connectivity index (χ4n) is 19.8. The van der Waals surface area contributed by atoms with Crippen molar-refractivity contribution >= 4 is 62.8 Å². The molecule has 20 nitrogen and oxygen atoms in total. The Bertz CT molecular complexity index is 7380. The van der Waals surface area contributed by atoms with E-state index in [0.29, 0.717) is 45.2 Å². The minimum atomic E-state index is -3.28. The van der Waals surface area contributed by atoms with Crippen LogP contribution in [-0.2, 0) is 65.2 Å². The van der Waals surface area contributed by atoms with E-state index >= 15 is 0 Å². The summed E-state index contributed by atoms with van der Waals surface area (Å²) in [6.45, 7) is 25.6. The number of allylic oxidation sites excluding steroid dienone is 4. The summed E-state index contributed by atoms with van der Waals surface area (Å²) in [5.41, 5.74) is 36.5. The Hall–Kier alpha value is -13.3. The SMILES string of the molecule is C.CCOP(=O)(Cc1ccc(C(c2ccc[nH]2)c2ccc[nH]2)cc1)OCC.CCOP(=O)(Cc1ccc(C2=C3C=CC4=[N+]3C35n6c(ccc62)C(c2ccc(C)cc2)=C2C=CC(=[N+]23)C(c2ccc(C)cc2)=c2ccc(n25)=C4c2ccc(C)cc2)cc1)OCC.CCOP(=O)(Cc1ccc(C=O)cc1)OCC.Cc1ccc(C(O)c2ccc(C(c3ccc(C)cc3)c3ccc(C(O)c4ccc(C)cc4)[nH]3)[nH]2)cc1. The van der Waals surface area contributed by atoms with Crippen LogP contribution in [-0.4, -0.2) is 106 Å². The van der Waals surface area contributed by atoms with Gasteiger partial charge in [0, 0.05) is 76.4 Å². The van der Waals surface area contributed by atoms with E-state index in [0.717, 1.165) is 124 Å². The van der Waals surface area contributed by atoms with Crippen molar-refractivity contribution in [1.82, 2.24) is 29.1 Å². The first-order valence-corrected chi connectivity index (χ1v) is 53.3. The first-order chi connectivity index (χ1) is 67.9. The van der Waals surface area contributed by atoms with Crippen molar-refractivity contribution in [2.45, 2.75) is 139 Å². The van der Waals surface area contributed by atoms with Crippen LogP contribution in [0.2, 0.25) is 0 Å². The van der Waals surface area contributed by atoms with Gasteiger partial charge in [0.15, 0.2) is 0 Å². The number of H-pyrrole nitrogens is 4. The minimum absolute atomic E-state index is 0. The van der Waals surface area contributed by atoms with Gasteiger partial charge in [0.1, 0.15) is 18.5 Å². The van der Waals surface area contributed by atoms with E-state index in [1.54, 1.807) is 38.1 Å². The number of aromatic amines is 4. The predicted octanol–water partition coefficient (Wildman–Crippen LogP) is 24.9. The molecule has 9 aromatic carbocycles. The van der Waals surface area contributed by atoms with E-state index in [1.165, 1.54) is 77.8 Å². The number of carbonyl (C=O) groups excluding carboxylic acids is 1. The van der Waals surface area contributed by atoms with E-state index in [-0.39, 0.29) is 37.7 Å². The van der Waals surface area contributed by atoms with Gasteiger partial charge in [-0.25, -0.2) is 0 Å². The number of hydrogen-bond donors (Lipinski definition) is 6. The number of nitrogens with zero attached hydrogens (tertiary/aromatic N) is 4. The smallest absolute Gasteiger partial charge is 0.382 e. The summed E-state index contributed by atoms with van der Waals surface area (Å²) in [6, 6.07) is 100. The van der Waals surface area contributed by atoms with E-state index in [2.05, 4.69) is 260 Å². The highest BCUT2D eigenvalue weighted by molar-refractivity contribution is 7.53. The second-order valence-electron chi connectivity index (χ2n) is 36.0. The van der Waals surface area contributed by atoms with Gasteiger partial charge in [-0.15, -0.1) is 0 Å². The molecule has 3 unspecified atom stereocenters. The van der Waals surface area contributed by atoms with Crippen LogP contribution in [0.25, 0.3) is 22.3 Å². The molecule has 0 saturated carbocycles. The standard InChI is InChI=1S/C53H45N4O3P.C32H32N2O2.C20H25N2O3P.C12H17O4P.CH4/c1-6-59-61(58,60-7-2)32-36-14-22-40(23-15-36)52-47-30-28-45-50(38-18-10-34(4)11-19-38)43-26-24-41-49(37-16-8-33(3)9-17-37)42-25-27-44-51(39-20-12-35(5)13-21-39)46-29-31-48(52)57(46)53(54(41)43,55(42)44)56(45)47;1-20-4-10-23(11-5-20)30(26-16-18-28(33-26)31(35)24-12-6-21(2)7-13-24)27-17-19-29(34-27)32(36)25-14-8-22(3)9-15-25;1-3-24-26(23,25-4-2)15-16-9-11-17(12-10-16)20(18-7-5-13-21-18)19-8-6-14-22-19;1-3-15-17(14,16-4-2)10-12-7-5-11(9-13)6-8-12;/h8-31H,6-7,32H2,1-5H3;4-19,30-36H,1-3H3;5-14,20-22H,3-4,15H2,1-2H3;5-9H,3-4,10H2,1-2H3;1H4/q+2;;;;. The van der Waals surface area contributed by atoms with Gasteiger partial charge in [0.05, 0.1) is 114 Å². The lowest BCUT2D eigenvalue weighted by molar-refractivity contribution is -0.834. The van der Waals surface area contributed by atoms with Crippen LogP contribution in [0.1, 0.15) is 224 Å². The van der Waals surface area contributed by atoms with E-state index < -0.39 is 40.9 Å². The van der Waals surface area contributed by atoms with Crippen molar-refractivity contribution in [3.05, 3.63) is 496 Å². The average Bonchev–Trinajstić information content (AvgIpc) is 1.47. The van der Waals surface area contributed by atoms with Gasteiger partial charge in [0.25, 0.3) is 0 Å². The maximum Gasteiger partial charge on any atom is 0.553 e. The molecule has 0 bridgehead atoms. The van der Waals surface area contributed by atoms with Gasteiger partial charge >= 0.3 is 28.7 Å². The third-order valence-electron chi connectivity index (χ3n) is 26.3. The van der Waals surface area contributed by atoms with Crippen LogP contribution < -0.4 is 10.7 Å². The Morgan fingerprint density at radius 1 is 0.333 bits per heavy atom. The fraction of sp³-hybridized carbons (Fsp3) is 0.229. The molecule has 0 radical (unpaired) electrons. The molecular weight excluding hydrogens is 1810 g/mol. The Morgan fingerprint density at radius 3 is 0.950 bits per heavy atom. The molecule has 6 aromatic heterocycles. The van der Waals surface area contributed by atoms with Crippen LogP contribution in [0, 0.1) is 41.5 Å². The largest absolute Gasteiger partial charge is 0.553 e. The number of nitrogens with one attached hydrogen (secondary N) is 4. The number of benzene rings is 9. The van der Waals surface area contributed by atoms with Crippen LogP contribution in [0.15, 0.2) is 339 Å². The van der Waals surface area contributed by atoms with Crippen LogP contribution >= 0.6 is 22.8 Å². The summed E-state index contributed by atoms with van der Waals surface area (Å²) < 4.78 is 81.6. The summed E-state index contributed by atoms with van der Waals surface area (Å²) in [4.78, 5) is 24.1. The molecule has 0 amide bonds. The lowest BCUT2D eigenvalue weighted by Crippen LogP contribution is -2.71. The number of carbonyl (C=O) groups is 1. The van der Waals surface area contributed by atoms with Crippen molar-refractivity contribution in [3.8, 4) is 0 Å². The number of aliphatic hydroxyl groups excluding tert-OH is 2. The summed E-state index contributed by atoms with van der Waals surface area (Å²) in [5.74, 6) is -0.866. The van der Waals surface area contributed by atoms with Crippen molar-refractivity contribution < 1.29 is 65.0 Å². The molecule has 720 valence electrons. The number of aliphatic hydroxyl groups is 2. The highest BCUT2D eigenvalue weighted by Gasteiger charge is 2.73. The molecule has 3 atom stereocenters. The molecule has 141 heavy (non-hydrogen) atoms. The average molecular weight is 1940 g/mol. The molecule has 15 aromatic rings. The third kappa shape index (κ3) is 20.0. The lowest BCUT2D eigenvalue weighted by atomic mass is 9.92. The number of aryl methyl sites for hydroxylation is 6. The molecule has 6 N–H and O–H groups in total. The van der Waals surface area contributed by atoms with E-state index in [1.807, 2.05) is 151 Å². The van der Waals surface area contributed by atoms with Gasteiger partial charge in [-0.1, -0.05) is 268 Å². The fourth-order valence-corrected chi connectivity index (χ4v) is 24.9. The molecule has 0 fully saturated rings. The van der Waals surface area contributed by atoms with E-state index in [9.17, 15) is 28.7 Å². The third-order valence-corrected chi connectivity index (χ3v) is 32.5. The normalized spacial score (nSPS) is 15.3. The van der Waals surface area contributed by atoms with Crippen molar-refractivity contribution in [2.24, 2.45) is 0 Å². The van der Waals surface area contributed by atoms with Crippen molar-refractivity contribution in [2.75, 3.05) is 39.6 Å². The monoisotopic (exact) mass is 1940 g/mol. The Labute approximate surface area is 825 Å². The molecule has 21 rings (SSSR count). The number of hydrogen-bond acceptors (Lipinski definition) is 12. The number of aromatic nitrogens is 6. The molecule has 6 aliphatic rings. The lowest BCUT2D eigenvalue weighted by Gasteiger charge is -2.41. The molecule has 0 aliphatic carbocycles. The van der Waals surface area contributed by atoms with Gasteiger partial charge in [-0.2, -0.15) is 9.13 Å². The van der Waals surface area contributed by atoms with Crippen molar-refractivity contribution in [1.29, 1.82) is 0 Å². The first kappa shape index (κ1) is 99.3. The van der Waals surface area contributed by atoms with Gasteiger partial charge in [0.2, 0.25) is 22.8 Å². The molecular formula is C118H123N8O12P3+2. The number of rotatable bonds is 33. The summed E-state index contributed by atoms with van der Waals surface area (Å²) in [5, 5.41) is 24.4. The highest BCUT2D eigenvalue weighted by Crippen LogP contribution is 2.57. The summed E-state index contributed by atoms with van der Waals surface area (Å²) in [7, 11) is -9.43. The Morgan fingerprint density at radius 2 is 0.624 bits per heavy atom. The molecule has 1 spiro atoms. The summed E-state index contributed by atoms with van der Waals surface area (Å²) in [6.07, 6.45) is 13.2. The molecule has 23 heteroatoms. The van der Waals surface area contributed by atoms with Crippen molar-refractivity contribution in [3.63, 3.8) is 0 Å². The van der Waals surface area contributed by atoms with Gasteiger partial charge in [-0.3, -0.25) is 18.5 Å². The maximum absolute atomic E-state index is 13.6. The van der Waals surface area contributed by atoms with E-state index in [4.69, 9.17) is 27.1 Å². The second-order valence-corrected chi connectivity index (χ2v) is 42.1. The quantitative estimate of drug-likeness (QED) is 0.0128. The number of aldehydes is 1. The Kier molecular flexibility index (Phi) is 30.0. The first-order valence-electron chi connectivity index (χ1n) is 48.1.